The summed E-state index contributed by atoms with van der Waals surface area (Å²) in [6, 6.07) is 8.82. The van der Waals surface area contributed by atoms with Gasteiger partial charge >= 0.3 is 0 Å². The number of ether oxygens (including phenoxy) is 1. The van der Waals surface area contributed by atoms with Crippen molar-refractivity contribution >= 4 is 57.4 Å². The molecule has 0 saturated heterocycles. The lowest BCUT2D eigenvalue weighted by molar-refractivity contribution is -0.742. The van der Waals surface area contributed by atoms with Crippen molar-refractivity contribution in [3.05, 3.63) is 96.6 Å². The Bertz CT molecular complexity index is 1210. The molecule has 0 aliphatic rings. The zero-order valence-corrected chi connectivity index (χ0v) is 19.1. The van der Waals surface area contributed by atoms with Crippen LogP contribution in [0.3, 0.4) is 0 Å². The average Bonchev–Trinajstić information content (AvgIpc) is 3.35. The van der Waals surface area contributed by atoms with Crippen molar-refractivity contribution in [2.24, 2.45) is 0 Å². The molecule has 32 heavy (non-hydrogen) atoms. The zero-order valence-electron chi connectivity index (χ0n) is 16.1. The molecule has 0 radical (unpaired) electrons. The first-order valence-corrected chi connectivity index (χ1v) is 10.5. The van der Waals surface area contributed by atoms with Gasteiger partial charge in [0.1, 0.15) is 6.10 Å². The molecule has 1 N–H and O–H groups in total. The van der Waals surface area contributed by atoms with Crippen molar-refractivity contribution in [3.63, 3.8) is 0 Å². The van der Waals surface area contributed by atoms with Crippen LogP contribution in [0.15, 0.2) is 59.7 Å². The lowest BCUT2D eigenvalue weighted by atomic mass is 10.1. The maximum absolute atomic E-state index is 8.36. The van der Waals surface area contributed by atoms with Crippen molar-refractivity contribution in [3.8, 4) is 0 Å². The molecule has 1 atom stereocenters. The first-order chi connectivity index (χ1) is 15.2. The van der Waals surface area contributed by atoms with E-state index in [-0.39, 0.29) is 6.10 Å². The number of rotatable bonds is 6. The number of benzene rings is 2. The van der Waals surface area contributed by atoms with Gasteiger partial charge in [-0.25, -0.2) is 4.98 Å². The van der Waals surface area contributed by atoms with Crippen LogP contribution >= 0.6 is 46.4 Å². The summed E-state index contributed by atoms with van der Waals surface area (Å²) in [5.74, 6) is 0. The molecule has 8 nitrogen and oxygen atoms in total. The van der Waals surface area contributed by atoms with E-state index in [1.54, 1.807) is 37.0 Å². The van der Waals surface area contributed by atoms with E-state index in [9.17, 15) is 0 Å². The van der Waals surface area contributed by atoms with Crippen molar-refractivity contribution in [1.82, 2.24) is 9.55 Å². The smallest absolute Gasteiger partial charge is 0.291 e. The summed E-state index contributed by atoms with van der Waals surface area (Å²) < 4.78 is 13.7. The Kier molecular flexibility index (Phi) is 8.22. The fourth-order valence-electron chi connectivity index (χ4n) is 3.00. The van der Waals surface area contributed by atoms with Crippen LogP contribution in [0.2, 0.25) is 20.1 Å². The molecule has 0 bridgehead atoms. The Morgan fingerprint density at radius 1 is 1.16 bits per heavy atom. The van der Waals surface area contributed by atoms with Gasteiger partial charge in [0, 0.05) is 44.0 Å². The number of aromatic nitrogens is 2. The fraction of sp³-hybridized carbons (Fsp3) is 0.150. The largest absolute Gasteiger partial charge is 0.462 e. The predicted molar refractivity (Wildman–Crippen MR) is 121 cm³/mol. The van der Waals surface area contributed by atoms with Gasteiger partial charge in [0.2, 0.25) is 0 Å². The predicted octanol–water partition coefficient (Wildman–Crippen LogP) is 6.85. The molecule has 2 heterocycles. The van der Waals surface area contributed by atoms with Gasteiger partial charge in [0.25, 0.3) is 5.09 Å². The van der Waals surface area contributed by atoms with E-state index >= 15 is 0 Å². The van der Waals surface area contributed by atoms with Gasteiger partial charge in [-0.3, -0.25) is 0 Å². The van der Waals surface area contributed by atoms with Crippen LogP contribution in [0.4, 0.5) is 0 Å². The zero-order chi connectivity index (χ0) is 23.3. The summed E-state index contributed by atoms with van der Waals surface area (Å²) >= 11 is 24.8. The molecule has 12 heteroatoms. The highest BCUT2D eigenvalue weighted by atomic mass is 35.5. The number of nitrogens with zero attached hydrogens (tertiary/aromatic N) is 3. The average molecular weight is 519 g/mol. The number of furan rings is 1. The van der Waals surface area contributed by atoms with E-state index in [1.165, 1.54) is 0 Å². The summed E-state index contributed by atoms with van der Waals surface area (Å²) in [5, 5.41) is 16.6. The molecule has 0 aliphatic carbocycles. The minimum absolute atomic E-state index is 0.294. The van der Waals surface area contributed by atoms with Crippen molar-refractivity contribution in [2.75, 3.05) is 0 Å². The Balaban J connectivity index is 0.000000668. The van der Waals surface area contributed by atoms with E-state index in [2.05, 4.69) is 4.98 Å². The van der Waals surface area contributed by atoms with Crippen LogP contribution in [0.5, 0.6) is 0 Å². The number of imidazole rings is 1. The topological polar surface area (TPSA) is 104 Å². The second-order valence-corrected chi connectivity index (χ2v) is 8.18. The molecular weight excluding hydrogens is 504 g/mol. The SMILES string of the molecule is Clc1ccc(C(Cn2ccnc2)OCc2coc3c(Cl)cc(Cl)cc23)c(Cl)c1.O=[N+]([O-])O. The molecule has 2 aromatic carbocycles. The number of fused-ring (bicyclic) bond motifs is 1. The quantitative estimate of drug-likeness (QED) is 0.221. The van der Waals surface area contributed by atoms with Crippen molar-refractivity contribution in [2.45, 2.75) is 19.3 Å². The summed E-state index contributed by atoms with van der Waals surface area (Å²) in [6.07, 6.45) is 6.62. The molecular formula is C20H15Cl4N3O5. The van der Waals surface area contributed by atoms with Crippen LogP contribution in [-0.4, -0.2) is 19.8 Å². The van der Waals surface area contributed by atoms with Crippen LogP contribution in [0, 0.1) is 10.1 Å². The van der Waals surface area contributed by atoms with Crippen LogP contribution in [0.1, 0.15) is 17.2 Å². The van der Waals surface area contributed by atoms with Gasteiger partial charge in [0.15, 0.2) is 5.58 Å². The standard InChI is InChI=1S/C20H14Cl4N2O2.HNO3/c21-13-1-2-15(17(23)6-13)19(8-26-4-3-25-11-26)27-9-12-10-28-20-16(12)5-14(22)7-18(20)24;2-1(3)4/h1-7,10-11,19H,8-9H2;(H,2,3,4). The molecule has 0 aliphatic heterocycles. The molecule has 0 saturated carbocycles. The molecule has 1 unspecified atom stereocenters. The van der Waals surface area contributed by atoms with E-state index in [0.717, 1.165) is 16.5 Å². The summed E-state index contributed by atoms with van der Waals surface area (Å²) in [5.41, 5.74) is 2.27. The van der Waals surface area contributed by atoms with Crippen molar-refractivity contribution < 1.29 is 19.4 Å². The molecule has 4 rings (SSSR count). The van der Waals surface area contributed by atoms with Crippen LogP contribution in [-0.2, 0) is 17.9 Å². The summed E-state index contributed by atoms with van der Waals surface area (Å²) in [6.45, 7) is 0.834. The van der Waals surface area contributed by atoms with Gasteiger partial charge < -0.3 is 18.9 Å². The fourth-order valence-corrected chi connectivity index (χ4v) is 4.07. The van der Waals surface area contributed by atoms with E-state index in [0.29, 0.717) is 38.8 Å². The Hall–Kier alpha value is -2.49. The minimum atomic E-state index is -1.50. The van der Waals surface area contributed by atoms with E-state index in [1.807, 2.05) is 22.9 Å². The molecule has 2 aromatic heterocycles. The highest BCUT2D eigenvalue weighted by Crippen LogP contribution is 2.34. The number of hydrogen-bond donors (Lipinski definition) is 1. The molecule has 0 fully saturated rings. The summed E-state index contributed by atoms with van der Waals surface area (Å²) in [4.78, 5) is 12.4. The maximum Gasteiger partial charge on any atom is 0.291 e. The second kappa shape index (κ2) is 10.9. The molecule has 4 aromatic rings. The third kappa shape index (κ3) is 6.27. The van der Waals surface area contributed by atoms with E-state index in [4.69, 9.17) is 70.9 Å². The van der Waals surface area contributed by atoms with Crippen LogP contribution < -0.4 is 0 Å². The van der Waals surface area contributed by atoms with Gasteiger partial charge in [0.05, 0.1) is 30.8 Å². The lowest BCUT2D eigenvalue weighted by Crippen LogP contribution is -2.12. The van der Waals surface area contributed by atoms with Crippen molar-refractivity contribution in [1.29, 1.82) is 0 Å². The second-order valence-electron chi connectivity index (χ2n) is 6.49. The minimum Gasteiger partial charge on any atom is -0.462 e. The highest BCUT2D eigenvalue weighted by molar-refractivity contribution is 6.38. The van der Waals surface area contributed by atoms with E-state index < -0.39 is 5.09 Å². The van der Waals surface area contributed by atoms with Gasteiger partial charge in [-0.05, 0) is 24.3 Å². The number of halogens is 4. The Morgan fingerprint density at radius 2 is 1.88 bits per heavy atom. The lowest BCUT2D eigenvalue weighted by Gasteiger charge is -2.20. The monoisotopic (exact) mass is 517 g/mol. The number of hydrogen-bond acceptors (Lipinski definition) is 5. The molecule has 0 amide bonds. The maximum atomic E-state index is 8.36. The Labute approximate surface area is 201 Å². The summed E-state index contributed by atoms with van der Waals surface area (Å²) in [7, 11) is 0. The third-order valence-electron chi connectivity index (χ3n) is 4.36. The third-order valence-corrected chi connectivity index (χ3v) is 5.42. The van der Waals surface area contributed by atoms with Gasteiger partial charge in [-0.1, -0.05) is 52.5 Å². The molecule has 0 spiro atoms. The first-order valence-electron chi connectivity index (χ1n) is 8.95. The molecule has 168 valence electrons. The highest BCUT2D eigenvalue weighted by Gasteiger charge is 2.19. The Morgan fingerprint density at radius 3 is 2.53 bits per heavy atom. The normalized spacial score (nSPS) is 11.8. The first kappa shape index (κ1) is 24.2. The van der Waals surface area contributed by atoms with Crippen LogP contribution in [0.25, 0.3) is 11.0 Å². The van der Waals surface area contributed by atoms with Gasteiger partial charge in [-0.15, -0.1) is 10.1 Å². The van der Waals surface area contributed by atoms with Gasteiger partial charge in [-0.2, -0.15) is 0 Å².